The molecule has 3 nitrogen and oxygen atoms in total. The summed E-state index contributed by atoms with van der Waals surface area (Å²) in [5.41, 5.74) is 1.87. The number of rotatable bonds is 3. The van der Waals surface area contributed by atoms with Gasteiger partial charge in [0, 0.05) is 13.6 Å². The Balaban J connectivity index is 2.31. The van der Waals surface area contributed by atoms with Crippen LogP contribution in [-0.2, 0) is 7.05 Å². The van der Waals surface area contributed by atoms with Gasteiger partial charge in [0.1, 0.15) is 5.69 Å². The van der Waals surface area contributed by atoms with E-state index in [0.717, 1.165) is 24.2 Å². The Labute approximate surface area is 92.7 Å². The fraction of sp³-hybridized carbons (Fsp3) is 0.364. The molecule has 2 rings (SSSR count). The minimum absolute atomic E-state index is 0.0164. The van der Waals surface area contributed by atoms with Gasteiger partial charge in [0.15, 0.2) is 0 Å². The minimum Gasteiger partial charge on any atom is -0.351 e. The molecule has 0 aromatic carbocycles. The Hall–Kier alpha value is -1.29. The SMILES string of the molecule is CCCNC(=O)c1cc2sccc2n1C. The molecule has 2 heterocycles. The van der Waals surface area contributed by atoms with Crippen LogP contribution in [-0.4, -0.2) is 17.0 Å². The van der Waals surface area contributed by atoms with Crippen LogP contribution in [0.1, 0.15) is 23.8 Å². The van der Waals surface area contributed by atoms with Gasteiger partial charge in [-0.25, -0.2) is 0 Å². The molecule has 15 heavy (non-hydrogen) atoms. The van der Waals surface area contributed by atoms with Crippen molar-refractivity contribution in [3.05, 3.63) is 23.2 Å². The Bertz CT molecular complexity index is 484. The zero-order chi connectivity index (χ0) is 10.8. The number of hydrogen-bond donors (Lipinski definition) is 1. The van der Waals surface area contributed by atoms with Crippen LogP contribution in [0.5, 0.6) is 0 Å². The van der Waals surface area contributed by atoms with Gasteiger partial charge in [-0.15, -0.1) is 11.3 Å². The molecule has 0 radical (unpaired) electrons. The number of hydrogen-bond acceptors (Lipinski definition) is 2. The lowest BCUT2D eigenvalue weighted by molar-refractivity contribution is 0.0946. The molecular weight excluding hydrogens is 208 g/mol. The highest BCUT2D eigenvalue weighted by atomic mass is 32.1. The molecule has 2 aromatic heterocycles. The summed E-state index contributed by atoms with van der Waals surface area (Å²) in [6.07, 6.45) is 0.963. The Morgan fingerprint density at radius 2 is 2.40 bits per heavy atom. The molecule has 1 N–H and O–H groups in total. The average molecular weight is 222 g/mol. The van der Waals surface area contributed by atoms with Crippen LogP contribution >= 0.6 is 11.3 Å². The highest BCUT2D eigenvalue weighted by molar-refractivity contribution is 7.17. The zero-order valence-electron chi connectivity index (χ0n) is 8.91. The number of fused-ring (bicyclic) bond motifs is 1. The lowest BCUT2D eigenvalue weighted by Crippen LogP contribution is -2.25. The summed E-state index contributed by atoms with van der Waals surface area (Å²) in [6.45, 7) is 2.78. The molecule has 0 aliphatic carbocycles. The lowest BCUT2D eigenvalue weighted by atomic mass is 10.4. The molecule has 0 fully saturated rings. The average Bonchev–Trinajstić information content (AvgIpc) is 2.78. The number of aryl methyl sites for hydroxylation is 1. The Morgan fingerprint density at radius 1 is 1.60 bits per heavy atom. The topological polar surface area (TPSA) is 34.0 Å². The van der Waals surface area contributed by atoms with Crippen molar-refractivity contribution in [3.63, 3.8) is 0 Å². The van der Waals surface area contributed by atoms with Crippen molar-refractivity contribution in [1.82, 2.24) is 9.88 Å². The quantitative estimate of drug-likeness (QED) is 0.850. The van der Waals surface area contributed by atoms with Crippen LogP contribution in [0, 0.1) is 0 Å². The molecule has 80 valence electrons. The maximum Gasteiger partial charge on any atom is 0.267 e. The van der Waals surface area contributed by atoms with Gasteiger partial charge in [0.25, 0.3) is 5.91 Å². The van der Waals surface area contributed by atoms with E-state index in [1.807, 2.05) is 36.1 Å². The predicted molar refractivity (Wildman–Crippen MR) is 63.4 cm³/mol. The van der Waals surface area contributed by atoms with Crippen LogP contribution in [0.15, 0.2) is 17.5 Å². The second kappa shape index (κ2) is 4.06. The van der Waals surface area contributed by atoms with E-state index in [2.05, 4.69) is 5.32 Å². The molecule has 0 bridgehead atoms. The van der Waals surface area contributed by atoms with E-state index >= 15 is 0 Å². The van der Waals surface area contributed by atoms with Crippen LogP contribution in [0.3, 0.4) is 0 Å². The normalized spacial score (nSPS) is 10.8. The number of thiophene rings is 1. The smallest absolute Gasteiger partial charge is 0.267 e. The third kappa shape index (κ3) is 1.77. The first-order chi connectivity index (χ1) is 7.24. The highest BCUT2D eigenvalue weighted by Crippen LogP contribution is 2.23. The summed E-state index contributed by atoms with van der Waals surface area (Å²) in [7, 11) is 1.93. The van der Waals surface area contributed by atoms with Gasteiger partial charge in [0.05, 0.1) is 10.2 Å². The van der Waals surface area contributed by atoms with E-state index < -0.39 is 0 Å². The molecule has 1 amide bonds. The van der Waals surface area contributed by atoms with E-state index in [1.165, 1.54) is 4.70 Å². The van der Waals surface area contributed by atoms with Crippen molar-refractivity contribution in [2.75, 3.05) is 6.54 Å². The third-order valence-electron chi connectivity index (χ3n) is 2.43. The number of nitrogens with one attached hydrogen (secondary N) is 1. The van der Waals surface area contributed by atoms with Crippen LogP contribution in [0.2, 0.25) is 0 Å². The summed E-state index contributed by atoms with van der Waals surface area (Å²) in [6, 6.07) is 3.99. The van der Waals surface area contributed by atoms with Crippen molar-refractivity contribution < 1.29 is 4.79 Å². The lowest BCUT2D eigenvalue weighted by Gasteiger charge is -2.04. The van der Waals surface area contributed by atoms with Gasteiger partial charge in [0.2, 0.25) is 0 Å². The van der Waals surface area contributed by atoms with Crippen LogP contribution < -0.4 is 5.32 Å². The molecule has 2 aromatic rings. The van der Waals surface area contributed by atoms with Gasteiger partial charge in [-0.05, 0) is 23.9 Å². The molecular formula is C11H14N2OS. The summed E-state index contributed by atoms with van der Waals surface area (Å²) in [4.78, 5) is 11.8. The molecule has 0 spiro atoms. The summed E-state index contributed by atoms with van der Waals surface area (Å²) in [5, 5.41) is 4.93. The second-order valence-electron chi connectivity index (χ2n) is 3.51. The van der Waals surface area contributed by atoms with Crippen molar-refractivity contribution >= 4 is 27.5 Å². The van der Waals surface area contributed by atoms with Gasteiger partial charge >= 0.3 is 0 Å². The van der Waals surface area contributed by atoms with Gasteiger partial charge in [-0.1, -0.05) is 6.92 Å². The monoisotopic (exact) mass is 222 g/mol. The molecule has 0 aliphatic rings. The maximum atomic E-state index is 11.8. The predicted octanol–water partition coefficient (Wildman–Crippen LogP) is 2.38. The van der Waals surface area contributed by atoms with E-state index in [9.17, 15) is 4.79 Å². The number of amides is 1. The van der Waals surface area contributed by atoms with E-state index in [4.69, 9.17) is 0 Å². The number of aromatic nitrogens is 1. The first-order valence-electron chi connectivity index (χ1n) is 5.05. The van der Waals surface area contributed by atoms with Gasteiger partial charge < -0.3 is 9.88 Å². The largest absolute Gasteiger partial charge is 0.351 e. The standard InChI is InChI=1S/C11H14N2OS/c1-3-5-12-11(14)9-7-10-8(13(9)2)4-6-15-10/h4,6-7H,3,5H2,1-2H3,(H,12,14). The van der Waals surface area contributed by atoms with Crippen LogP contribution in [0.4, 0.5) is 0 Å². The van der Waals surface area contributed by atoms with Crippen molar-refractivity contribution in [2.45, 2.75) is 13.3 Å². The van der Waals surface area contributed by atoms with E-state index in [0.29, 0.717) is 0 Å². The van der Waals surface area contributed by atoms with Crippen LogP contribution in [0.25, 0.3) is 10.2 Å². The van der Waals surface area contributed by atoms with E-state index in [1.54, 1.807) is 11.3 Å². The number of carbonyl (C=O) groups is 1. The molecule has 0 saturated carbocycles. The van der Waals surface area contributed by atoms with E-state index in [-0.39, 0.29) is 5.91 Å². The molecule has 0 unspecified atom stereocenters. The van der Waals surface area contributed by atoms with Gasteiger partial charge in [-0.2, -0.15) is 0 Å². The van der Waals surface area contributed by atoms with Crippen molar-refractivity contribution in [1.29, 1.82) is 0 Å². The summed E-state index contributed by atoms with van der Waals surface area (Å²) in [5.74, 6) is 0.0164. The zero-order valence-corrected chi connectivity index (χ0v) is 9.73. The molecule has 0 saturated heterocycles. The maximum absolute atomic E-state index is 11.8. The fourth-order valence-corrected chi connectivity index (χ4v) is 2.45. The number of carbonyl (C=O) groups excluding carboxylic acids is 1. The van der Waals surface area contributed by atoms with Crippen molar-refractivity contribution in [2.24, 2.45) is 7.05 Å². The van der Waals surface area contributed by atoms with Crippen molar-refractivity contribution in [3.8, 4) is 0 Å². The minimum atomic E-state index is 0.0164. The molecule has 0 atom stereocenters. The summed E-state index contributed by atoms with van der Waals surface area (Å²) < 4.78 is 3.11. The fourth-order valence-electron chi connectivity index (χ4n) is 1.60. The highest BCUT2D eigenvalue weighted by Gasteiger charge is 2.12. The Kier molecular flexibility index (Phi) is 2.77. The second-order valence-corrected chi connectivity index (χ2v) is 4.46. The summed E-state index contributed by atoms with van der Waals surface area (Å²) >= 11 is 1.66. The van der Waals surface area contributed by atoms with Gasteiger partial charge in [-0.3, -0.25) is 4.79 Å². The third-order valence-corrected chi connectivity index (χ3v) is 3.29. The first kappa shape index (κ1) is 10.2. The molecule has 4 heteroatoms. The first-order valence-corrected chi connectivity index (χ1v) is 5.93. The molecule has 0 aliphatic heterocycles. The number of nitrogens with zero attached hydrogens (tertiary/aromatic N) is 1. The Morgan fingerprint density at radius 3 is 3.07 bits per heavy atom.